The molecular weight excluding hydrogens is 216 g/mol. The van der Waals surface area contributed by atoms with Crippen molar-refractivity contribution >= 4 is 5.91 Å². The lowest BCUT2D eigenvalue weighted by Crippen LogP contribution is -2.47. The van der Waals surface area contributed by atoms with Crippen molar-refractivity contribution in [3.63, 3.8) is 0 Å². The van der Waals surface area contributed by atoms with Gasteiger partial charge in [0.2, 0.25) is 0 Å². The van der Waals surface area contributed by atoms with Gasteiger partial charge in [0.1, 0.15) is 5.69 Å². The summed E-state index contributed by atoms with van der Waals surface area (Å²) in [6, 6.07) is 4.48. The van der Waals surface area contributed by atoms with Crippen LogP contribution in [0.1, 0.15) is 48.6 Å². The number of nitrogens with one attached hydrogen (secondary N) is 1. The zero-order chi connectivity index (χ0) is 11.8. The lowest BCUT2D eigenvalue weighted by atomic mass is 9.89. The van der Waals surface area contributed by atoms with Crippen molar-refractivity contribution in [2.45, 2.75) is 50.3 Å². The van der Waals surface area contributed by atoms with Crippen molar-refractivity contribution in [3.05, 3.63) is 24.0 Å². The number of hydrogen-bond donors (Lipinski definition) is 2. The zero-order valence-corrected chi connectivity index (χ0v) is 9.80. The third kappa shape index (κ3) is 1.97. The van der Waals surface area contributed by atoms with E-state index in [-0.39, 0.29) is 18.1 Å². The van der Waals surface area contributed by atoms with Crippen LogP contribution in [0.5, 0.6) is 0 Å². The van der Waals surface area contributed by atoms with Crippen LogP contribution in [-0.2, 0) is 0 Å². The molecule has 0 spiro atoms. The molecule has 0 unspecified atom stereocenters. The van der Waals surface area contributed by atoms with Crippen molar-refractivity contribution in [3.8, 4) is 0 Å². The van der Waals surface area contributed by atoms with Gasteiger partial charge in [-0.15, -0.1) is 0 Å². The third-order valence-corrected chi connectivity index (χ3v) is 3.93. The summed E-state index contributed by atoms with van der Waals surface area (Å²) >= 11 is 0. The highest BCUT2D eigenvalue weighted by Gasteiger charge is 2.30. The summed E-state index contributed by atoms with van der Waals surface area (Å²) < 4.78 is 2.09. The maximum atomic E-state index is 12.1. The summed E-state index contributed by atoms with van der Waals surface area (Å²) in [7, 11) is 0. The van der Waals surface area contributed by atoms with Gasteiger partial charge in [0.25, 0.3) is 5.91 Å². The summed E-state index contributed by atoms with van der Waals surface area (Å²) in [5.74, 6) is -0.00111. The van der Waals surface area contributed by atoms with Crippen LogP contribution in [0.2, 0.25) is 0 Å². The van der Waals surface area contributed by atoms with Gasteiger partial charge < -0.3 is 15.0 Å². The van der Waals surface area contributed by atoms with Gasteiger partial charge in [0.15, 0.2) is 0 Å². The molecule has 2 saturated carbocycles. The lowest BCUT2D eigenvalue weighted by molar-refractivity contribution is 0.0557. The van der Waals surface area contributed by atoms with Gasteiger partial charge >= 0.3 is 0 Å². The maximum Gasteiger partial charge on any atom is 0.268 e. The number of carbonyl (C=O) groups is 1. The van der Waals surface area contributed by atoms with Crippen molar-refractivity contribution in [2.24, 2.45) is 0 Å². The highest BCUT2D eigenvalue weighted by Crippen LogP contribution is 2.32. The molecule has 1 aromatic heterocycles. The fraction of sp³-hybridized carbons (Fsp3) is 0.615. The van der Waals surface area contributed by atoms with E-state index in [0.717, 1.165) is 5.69 Å². The van der Waals surface area contributed by atoms with Crippen molar-refractivity contribution in [1.29, 1.82) is 0 Å². The Kier molecular flexibility index (Phi) is 2.67. The van der Waals surface area contributed by atoms with Crippen LogP contribution in [0.3, 0.4) is 0 Å². The van der Waals surface area contributed by atoms with E-state index in [1.807, 2.05) is 18.3 Å². The average molecular weight is 234 g/mol. The molecule has 4 heteroatoms. The van der Waals surface area contributed by atoms with Crippen LogP contribution in [0.25, 0.3) is 0 Å². The first-order chi connectivity index (χ1) is 8.24. The number of amides is 1. The van der Waals surface area contributed by atoms with Crippen LogP contribution < -0.4 is 5.32 Å². The van der Waals surface area contributed by atoms with E-state index in [2.05, 4.69) is 9.88 Å². The standard InChI is InChI=1S/C13H18N2O2/c16-11-7-9(8-11)14-13(17)12-5-2-6-15(12)10-3-1-4-10/h2,5-6,9-11,16H,1,3-4,7-8H2,(H,14,17). The Morgan fingerprint density at radius 1 is 1.41 bits per heavy atom. The SMILES string of the molecule is O=C(NC1CC(O)C1)c1cccn1C1CCC1. The first-order valence-electron chi connectivity index (χ1n) is 6.40. The fourth-order valence-electron chi connectivity index (χ4n) is 2.53. The monoisotopic (exact) mass is 234 g/mol. The molecule has 2 aliphatic carbocycles. The Labute approximate surface area is 101 Å². The lowest BCUT2D eigenvalue weighted by Gasteiger charge is -2.33. The second-order valence-corrected chi connectivity index (χ2v) is 5.18. The molecule has 1 amide bonds. The molecule has 4 nitrogen and oxygen atoms in total. The van der Waals surface area contributed by atoms with E-state index >= 15 is 0 Å². The minimum Gasteiger partial charge on any atom is -0.393 e. The number of aromatic nitrogens is 1. The van der Waals surface area contributed by atoms with Crippen LogP contribution in [0, 0.1) is 0 Å². The molecule has 0 atom stereocenters. The van der Waals surface area contributed by atoms with E-state index < -0.39 is 0 Å². The Bertz CT molecular complexity index is 417. The normalized spacial score (nSPS) is 28.3. The molecule has 2 N–H and O–H groups in total. The summed E-state index contributed by atoms with van der Waals surface area (Å²) in [6.45, 7) is 0. The molecule has 0 bridgehead atoms. The average Bonchev–Trinajstić information content (AvgIpc) is 2.61. The number of hydrogen-bond acceptors (Lipinski definition) is 2. The van der Waals surface area contributed by atoms with E-state index in [9.17, 15) is 9.90 Å². The summed E-state index contributed by atoms with van der Waals surface area (Å²) in [5, 5.41) is 12.2. The molecule has 17 heavy (non-hydrogen) atoms. The van der Waals surface area contributed by atoms with Crippen LogP contribution in [0.4, 0.5) is 0 Å². The van der Waals surface area contributed by atoms with Gasteiger partial charge in [-0.1, -0.05) is 0 Å². The Morgan fingerprint density at radius 2 is 2.18 bits per heavy atom. The Morgan fingerprint density at radius 3 is 2.76 bits per heavy atom. The van der Waals surface area contributed by atoms with Crippen LogP contribution in [-0.4, -0.2) is 27.7 Å². The first kappa shape index (κ1) is 10.8. The molecule has 2 fully saturated rings. The predicted octanol–water partition coefficient (Wildman–Crippen LogP) is 1.47. The van der Waals surface area contributed by atoms with Gasteiger partial charge in [0.05, 0.1) is 6.10 Å². The molecule has 1 aromatic rings. The second-order valence-electron chi connectivity index (χ2n) is 5.18. The number of aliphatic hydroxyl groups is 1. The molecule has 0 saturated heterocycles. The molecular formula is C13H18N2O2. The van der Waals surface area contributed by atoms with Gasteiger partial charge in [-0.05, 0) is 44.2 Å². The van der Waals surface area contributed by atoms with Crippen LogP contribution >= 0.6 is 0 Å². The number of nitrogens with zero attached hydrogens (tertiary/aromatic N) is 1. The highest BCUT2D eigenvalue weighted by molar-refractivity contribution is 5.93. The largest absolute Gasteiger partial charge is 0.393 e. The molecule has 0 radical (unpaired) electrons. The second kappa shape index (κ2) is 4.18. The molecule has 1 heterocycles. The quantitative estimate of drug-likeness (QED) is 0.832. The Hall–Kier alpha value is -1.29. The third-order valence-electron chi connectivity index (χ3n) is 3.93. The minimum atomic E-state index is -0.223. The molecule has 92 valence electrons. The zero-order valence-electron chi connectivity index (χ0n) is 9.80. The predicted molar refractivity (Wildman–Crippen MR) is 63.8 cm³/mol. The van der Waals surface area contributed by atoms with Gasteiger partial charge in [0, 0.05) is 18.3 Å². The number of aliphatic hydroxyl groups excluding tert-OH is 1. The van der Waals surface area contributed by atoms with Gasteiger partial charge in [-0.25, -0.2) is 0 Å². The van der Waals surface area contributed by atoms with Crippen molar-refractivity contribution in [1.82, 2.24) is 9.88 Å². The van der Waals surface area contributed by atoms with Crippen molar-refractivity contribution in [2.75, 3.05) is 0 Å². The van der Waals surface area contributed by atoms with E-state index in [0.29, 0.717) is 18.9 Å². The van der Waals surface area contributed by atoms with E-state index in [1.165, 1.54) is 19.3 Å². The van der Waals surface area contributed by atoms with E-state index in [1.54, 1.807) is 0 Å². The summed E-state index contributed by atoms with van der Waals surface area (Å²) in [6.07, 6.45) is 6.77. The molecule has 0 aliphatic heterocycles. The maximum absolute atomic E-state index is 12.1. The van der Waals surface area contributed by atoms with E-state index in [4.69, 9.17) is 0 Å². The molecule has 0 aromatic carbocycles. The minimum absolute atomic E-state index is 0.00111. The van der Waals surface area contributed by atoms with Crippen molar-refractivity contribution < 1.29 is 9.90 Å². The summed E-state index contributed by atoms with van der Waals surface area (Å²) in [4.78, 5) is 12.1. The number of rotatable bonds is 3. The molecule has 2 aliphatic rings. The van der Waals surface area contributed by atoms with Gasteiger partial charge in [-0.2, -0.15) is 0 Å². The topological polar surface area (TPSA) is 54.3 Å². The van der Waals surface area contributed by atoms with Gasteiger partial charge in [-0.3, -0.25) is 4.79 Å². The Balaban J connectivity index is 1.66. The first-order valence-corrected chi connectivity index (χ1v) is 6.40. The number of carbonyl (C=O) groups excluding carboxylic acids is 1. The van der Waals surface area contributed by atoms with Crippen LogP contribution in [0.15, 0.2) is 18.3 Å². The fourth-order valence-corrected chi connectivity index (χ4v) is 2.53. The smallest absolute Gasteiger partial charge is 0.268 e. The summed E-state index contributed by atoms with van der Waals surface area (Å²) in [5.41, 5.74) is 0.760. The highest BCUT2D eigenvalue weighted by atomic mass is 16.3. The molecule has 3 rings (SSSR count).